The van der Waals surface area contributed by atoms with Crippen molar-refractivity contribution < 1.29 is 37.3 Å². The van der Waals surface area contributed by atoms with Gasteiger partial charge >= 0.3 is 5.97 Å². The molecular formula is C68H115N2O7P. The van der Waals surface area contributed by atoms with Gasteiger partial charge in [-0.05, 0) is 115 Å². The molecule has 10 heteroatoms. The number of quaternary nitrogens is 1. The highest BCUT2D eigenvalue weighted by Gasteiger charge is 2.27. The molecule has 0 saturated heterocycles. The SMILES string of the molecule is CC/C=C\C/C=C\C/C=C\C/C=C\C/C=C\C/C=C\CCC(=O)OC(/C=C/CCCCCCCCCCCC)C(COP(=O)([O-])OCC[N+](C)(C)C)NC(=O)CCCCCCC/C=C\C/C=C\C/C=C\C/C=C\CCCCC. The van der Waals surface area contributed by atoms with E-state index in [9.17, 15) is 19.0 Å². The number of hydrogen-bond donors (Lipinski definition) is 1. The first-order valence-corrected chi connectivity index (χ1v) is 32.5. The van der Waals surface area contributed by atoms with Crippen LogP contribution in [0.3, 0.4) is 0 Å². The Hall–Kier alpha value is -3.85. The molecule has 0 aromatic rings. The fourth-order valence-corrected chi connectivity index (χ4v) is 8.78. The molecule has 0 bridgehead atoms. The number of rotatable bonds is 54. The van der Waals surface area contributed by atoms with E-state index >= 15 is 0 Å². The first kappa shape index (κ1) is 74.2. The summed E-state index contributed by atoms with van der Waals surface area (Å²) in [6.45, 7) is 6.61. The van der Waals surface area contributed by atoms with Gasteiger partial charge in [-0.15, -0.1) is 0 Å². The molecule has 3 atom stereocenters. The Kier molecular flexibility index (Phi) is 53.6. The second-order valence-electron chi connectivity index (χ2n) is 21.5. The minimum Gasteiger partial charge on any atom is -0.756 e. The molecule has 0 aromatic carbocycles. The van der Waals surface area contributed by atoms with Gasteiger partial charge < -0.3 is 28.5 Å². The lowest BCUT2D eigenvalue weighted by Gasteiger charge is -2.30. The average Bonchev–Trinajstić information content (AvgIpc) is 3.40. The Bertz CT molecular complexity index is 1800. The molecule has 9 nitrogen and oxygen atoms in total. The van der Waals surface area contributed by atoms with Gasteiger partial charge in [0.15, 0.2) is 0 Å². The lowest BCUT2D eigenvalue weighted by atomic mass is 10.0. The van der Waals surface area contributed by atoms with E-state index in [2.05, 4.69) is 135 Å². The molecule has 0 saturated carbocycles. The predicted octanol–water partition coefficient (Wildman–Crippen LogP) is 18.6. The molecule has 1 N–H and O–H groups in total. The number of ether oxygens (including phenoxy) is 1. The van der Waals surface area contributed by atoms with Crippen molar-refractivity contribution in [1.29, 1.82) is 0 Å². The normalized spacial score (nSPS) is 14.6. The Morgan fingerprint density at radius 3 is 1.28 bits per heavy atom. The van der Waals surface area contributed by atoms with Gasteiger partial charge in [-0.25, -0.2) is 0 Å². The molecule has 0 aliphatic heterocycles. The van der Waals surface area contributed by atoms with Crippen LogP contribution < -0.4 is 10.2 Å². The summed E-state index contributed by atoms with van der Waals surface area (Å²) in [5.41, 5.74) is 0. The zero-order valence-electron chi connectivity index (χ0n) is 50.6. The zero-order valence-corrected chi connectivity index (χ0v) is 51.5. The van der Waals surface area contributed by atoms with Crippen LogP contribution in [-0.4, -0.2) is 69.4 Å². The summed E-state index contributed by atoms with van der Waals surface area (Å²) in [7, 11) is 1.11. The highest BCUT2D eigenvalue weighted by Crippen LogP contribution is 2.38. The monoisotopic (exact) mass is 1100 g/mol. The van der Waals surface area contributed by atoms with E-state index in [-0.39, 0.29) is 25.4 Å². The molecule has 0 spiro atoms. The van der Waals surface area contributed by atoms with E-state index in [1.54, 1.807) is 6.08 Å². The van der Waals surface area contributed by atoms with Crippen LogP contribution >= 0.6 is 7.82 Å². The van der Waals surface area contributed by atoms with E-state index < -0.39 is 32.5 Å². The predicted molar refractivity (Wildman–Crippen MR) is 334 cm³/mol. The second kappa shape index (κ2) is 56.4. The van der Waals surface area contributed by atoms with Gasteiger partial charge in [0.1, 0.15) is 19.3 Å². The number of phosphoric acid groups is 1. The summed E-state index contributed by atoms with van der Waals surface area (Å²) in [6.07, 6.45) is 80.0. The van der Waals surface area contributed by atoms with E-state index in [1.807, 2.05) is 39.4 Å². The highest BCUT2D eigenvalue weighted by molar-refractivity contribution is 7.45. The van der Waals surface area contributed by atoms with E-state index in [1.165, 1.54) is 77.0 Å². The van der Waals surface area contributed by atoms with Crippen LogP contribution in [0.4, 0.5) is 0 Å². The minimum absolute atomic E-state index is 0.0450. The van der Waals surface area contributed by atoms with Crippen molar-refractivity contribution in [2.24, 2.45) is 0 Å². The van der Waals surface area contributed by atoms with E-state index in [0.717, 1.165) is 109 Å². The van der Waals surface area contributed by atoms with Gasteiger partial charge in [0.25, 0.3) is 7.82 Å². The standard InChI is InChI=1S/C68H115N2O7P/c1-7-10-13-16-19-22-25-28-30-32-34-35-37-38-40-42-45-48-51-54-57-60-67(71)69-65(64-76-78(73,74)75-63-62-70(4,5)6)66(59-56-53-50-47-44-27-24-21-18-15-12-9-3)77-68(72)61-58-55-52-49-46-43-41-39-36-33-31-29-26-23-20-17-14-11-8-2/h11,14,19-20,22-23,28-31,34-36,38-40,43,46,52,55-56,59,65-66H,7-10,12-13,15-18,21,24-27,32-33,37,41-42,44-45,47-51,53-54,57-58,60-64H2,1-6H3,(H-,69,71,73,74)/b14-11-,22-19-,23-20-,30-28-,31-29-,35-34-,39-36-,40-38-,46-43-,55-52-,59-56+. The third-order valence-corrected chi connectivity index (χ3v) is 13.8. The fourth-order valence-electron chi connectivity index (χ4n) is 8.06. The van der Waals surface area contributed by atoms with Gasteiger partial charge in [0, 0.05) is 12.8 Å². The molecular weight excluding hydrogens is 988 g/mol. The summed E-state index contributed by atoms with van der Waals surface area (Å²) in [4.78, 5) is 40.0. The van der Waals surface area contributed by atoms with Crippen LogP contribution in [0, 0.1) is 0 Å². The van der Waals surface area contributed by atoms with Gasteiger partial charge in [-0.2, -0.15) is 0 Å². The lowest BCUT2D eigenvalue weighted by Crippen LogP contribution is -2.47. The highest BCUT2D eigenvalue weighted by atomic mass is 31.2. The zero-order chi connectivity index (χ0) is 57.2. The van der Waals surface area contributed by atoms with Gasteiger partial charge in [-0.1, -0.05) is 238 Å². The number of esters is 1. The summed E-state index contributed by atoms with van der Waals surface area (Å²) in [6, 6.07) is -0.939. The van der Waals surface area contributed by atoms with E-state index in [4.69, 9.17) is 13.8 Å². The molecule has 0 rings (SSSR count). The summed E-state index contributed by atoms with van der Waals surface area (Å²) in [5, 5.41) is 2.99. The molecule has 0 aromatic heterocycles. The maximum absolute atomic E-state index is 13.5. The van der Waals surface area contributed by atoms with Crippen LogP contribution in [0.2, 0.25) is 0 Å². The van der Waals surface area contributed by atoms with Crippen molar-refractivity contribution >= 4 is 19.7 Å². The number of carbonyl (C=O) groups excluding carboxylic acids is 2. The number of likely N-dealkylation sites (N-methyl/N-ethyl adjacent to an activating group) is 1. The van der Waals surface area contributed by atoms with Crippen molar-refractivity contribution in [2.75, 3.05) is 40.9 Å². The third-order valence-electron chi connectivity index (χ3n) is 12.8. The van der Waals surface area contributed by atoms with Crippen LogP contribution in [-0.2, 0) is 27.9 Å². The van der Waals surface area contributed by atoms with Crippen LogP contribution in [0.1, 0.15) is 233 Å². The van der Waals surface area contributed by atoms with Crippen LogP contribution in [0.25, 0.3) is 0 Å². The number of hydrogen-bond acceptors (Lipinski definition) is 7. The lowest BCUT2D eigenvalue weighted by molar-refractivity contribution is -0.870. The van der Waals surface area contributed by atoms with E-state index in [0.29, 0.717) is 23.9 Å². The first-order valence-electron chi connectivity index (χ1n) is 31.0. The van der Waals surface area contributed by atoms with Gasteiger partial charge in [-0.3, -0.25) is 14.2 Å². The largest absolute Gasteiger partial charge is 0.756 e. The van der Waals surface area contributed by atoms with Crippen molar-refractivity contribution in [1.82, 2.24) is 5.32 Å². The van der Waals surface area contributed by atoms with Gasteiger partial charge in [0.05, 0.1) is 33.8 Å². The Labute approximate surface area is 479 Å². The number of unbranched alkanes of at least 4 members (excludes halogenated alkanes) is 18. The van der Waals surface area contributed by atoms with Crippen molar-refractivity contribution in [2.45, 2.75) is 245 Å². The quantitative estimate of drug-likeness (QED) is 0.0212. The van der Waals surface area contributed by atoms with Gasteiger partial charge in [0.2, 0.25) is 5.91 Å². The number of nitrogens with zero attached hydrogens (tertiary/aromatic N) is 1. The average molecular weight is 1100 g/mol. The van der Waals surface area contributed by atoms with Crippen LogP contribution in [0.15, 0.2) is 134 Å². The molecule has 0 heterocycles. The molecule has 0 aliphatic carbocycles. The molecule has 0 fully saturated rings. The molecule has 444 valence electrons. The van der Waals surface area contributed by atoms with Crippen molar-refractivity contribution in [3.63, 3.8) is 0 Å². The first-order chi connectivity index (χ1) is 37.9. The number of phosphoric ester groups is 1. The molecule has 1 amide bonds. The second-order valence-corrected chi connectivity index (χ2v) is 22.9. The molecule has 3 unspecified atom stereocenters. The number of amides is 1. The fraction of sp³-hybridized carbons (Fsp3) is 0.647. The number of nitrogens with one attached hydrogen (secondary N) is 1. The van der Waals surface area contributed by atoms with Crippen molar-refractivity contribution in [3.05, 3.63) is 134 Å². The summed E-state index contributed by atoms with van der Waals surface area (Å²) >= 11 is 0. The number of allylic oxidation sites excluding steroid dienone is 21. The molecule has 0 aliphatic rings. The smallest absolute Gasteiger partial charge is 0.306 e. The topological polar surface area (TPSA) is 114 Å². The van der Waals surface area contributed by atoms with Crippen LogP contribution in [0.5, 0.6) is 0 Å². The van der Waals surface area contributed by atoms with Crippen molar-refractivity contribution in [3.8, 4) is 0 Å². The Morgan fingerprint density at radius 1 is 0.462 bits per heavy atom. The minimum atomic E-state index is -4.73. The molecule has 0 radical (unpaired) electrons. The summed E-state index contributed by atoms with van der Waals surface area (Å²) < 4.78 is 30.2. The number of carbonyl (C=O) groups is 2. The Morgan fingerprint density at radius 2 is 0.833 bits per heavy atom. The Balaban J connectivity index is 5.43. The third kappa shape index (κ3) is 56.9. The molecule has 78 heavy (non-hydrogen) atoms. The summed E-state index contributed by atoms with van der Waals surface area (Å²) in [5.74, 6) is -0.670. The maximum Gasteiger partial charge on any atom is 0.306 e. The maximum atomic E-state index is 13.5.